The Labute approximate surface area is 175 Å². The van der Waals surface area contributed by atoms with E-state index in [1.165, 1.54) is 18.3 Å². The zero-order valence-corrected chi connectivity index (χ0v) is 16.5. The van der Waals surface area contributed by atoms with E-state index in [1.807, 2.05) is 30.3 Å². The number of nitrogens with one attached hydrogen (secondary N) is 2. The lowest BCUT2D eigenvalue weighted by atomic mass is 10.2. The van der Waals surface area contributed by atoms with E-state index >= 15 is 0 Å². The van der Waals surface area contributed by atoms with Crippen LogP contribution in [0.2, 0.25) is 5.15 Å². The molecule has 0 atom stereocenters. The number of rotatable bonds is 6. The van der Waals surface area contributed by atoms with Crippen molar-refractivity contribution >= 4 is 29.4 Å². The highest BCUT2D eigenvalue weighted by Crippen LogP contribution is 2.30. The first-order valence-electron chi connectivity index (χ1n) is 8.79. The van der Waals surface area contributed by atoms with Crippen LogP contribution < -0.4 is 10.7 Å². The Bertz CT molecular complexity index is 1060. The molecular formula is C20H17ClF3N5O. The molecule has 3 rings (SSSR count). The number of aromatic nitrogens is 2. The zero-order chi connectivity index (χ0) is 21.7. The van der Waals surface area contributed by atoms with Gasteiger partial charge in [0.1, 0.15) is 5.15 Å². The van der Waals surface area contributed by atoms with E-state index in [0.717, 1.165) is 17.8 Å². The number of anilines is 1. The number of halogens is 4. The average molecular weight is 436 g/mol. The molecule has 10 heteroatoms. The summed E-state index contributed by atoms with van der Waals surface area (Å²) >= 11 is 6.36. The Morgan fingerprint density at radius 3 is 2.63 bits per heavy atom. The summed E-state index contributed by atoms with van der Waals surface area (Å²) in [5, 5.41) is 11.2. The fourth-order valence-corrected chi connectivity index (χ4v) is 2.92. The number of para-hydroxylation sites is 1. The normalized spacial score (nSPS) is 11.6. The lowest BCUT2D eigenvalue weighted by molar-refractivity contribution is -0.137. The molecular weight excluding hydrogens is 419 g/mol. The van der Waals surface area contributed by atoms with Gasteiger partial charge < -0.3 is 5.32 Å². The number of hydrazone groups is 1. The molecule has 0 aliphatic carbocycles. The number of alkyl halides is 3. The highest BCUT2D eigenvalue weighted by atomic mass is 35.5. The summed E-state index contributed by atoms with van der Waals surface area (Å²) in [6.45, 7) is 1.50. The summed E-state index contributed by atoms with van der Waals surface area (Å²) in [7, 11) is 0. The minimum absolute atomic E-state index is 0.173. The van der Waals surface area contributed by atoms with Crippen molar-refractivity contribution in [2.75, 3.05) is 11.9 Å². The quantitative estimate of drug-likeness (QED) is 0.445. The number of hydrogen-bond donors (Lipinski definition) is 2. The van der Waals surface area contributed by atoms with E-state index in [0.29, 0.717) is 16.4 Å². The molecule has 0 saturated carbocycles. The average Bonchev–Trinajstić information content (AvgIpc) is 3.01. The van der Waals surface area contributed by atoms with Gasteiger partial charge in [0.05, 0.1) is 35.3 Å². The van der Waals surface area contributed by atoms with E-state index in [9.17, 15) is 18.0 Å². The highest BCUT2D eigenvalue weighted by molar-refractivity contribution is 6.32. The SMILES string of the molecule is Cc1nn(-c2ccccc2)c(Cl)c1/C=N\NC(=O)CNc1cccc(C(F)(F)F)c1. The fraction of sp³-hybridized carbons (Fsp3) is 0.150. The molecule has 1 heterocycles. The van der Waals surface area contributed by atoms with Gasteiger partial charge in [-0.25, -0.2) is 10.1 Å². The molecule has 0 bridgehead atoms. The molecule has 0 unspecified atom stereocenters. The second-order valence-electron chi connectivity index (χ2n) is 6.26. The summed E-state index contributed by atoms with van der Waals surface area (Å²) in [4.78, 5) is 11.9. The minimum Gasteiger partial charge on any atom is -0.376 e. The van der Waals surface area contributed by atoms with E-state index < -0.39 is 17.6 Å². The molecule has 3 aromatic rings. The largest absolute Gasteiger partial charge is 0.416 e. The Morgan fingerprint density at radius 2 is 1.93 bits per heavy atom. The van der Waals surface area contributed by atoms with E-state index in [1.54, 1.807) is 11.6 Å². The third-order valence-electron chi connectivity index (χ3n) is 4.07. The van der Waals surface area contributed by atoms with Crippen molar-refractivity contribution in [1.29, 1.82) is 0 Å². The van der Waals surface area contributed by atoms with Crippen molar-refractivity contribution in [1.82, 2.24) is 15.2 Å². The van der Waals surface area contributed by atoms with Gasteiger partial charge in [0.2, 0.25) is 0 Å². The summed E-state index contributed by atoms with van der Waals surface area (Å²) < 4.78 is 39.7. The van der Waals surface area contributed by atoms with Crippen LogP contribution in [0.1, 0.15) is 16.8 Å². The smallest absolute Gasteiger partial charge is 0.376 e. The van der Waals surface area contributed by atoms with Crippen LogP contribution in [0.15, 0.2) is 59.7 Å². The van der Waals surface area contributed by atoms with Gasteiger partial charge in [-0.3, -0.25) is 4.79 Å². The second-order valence-corrected chi connectivity index (χ2v) is 6.62. The molecule has 1 amide bonds. The van der Waals surface area contributed by atoms with Crippen molar-refractivity contribution in [2.45, 2.75) is 13.1 Å². The van der Waals surface area contributed by atoms with Gasteiger partial charge in [-0.2, -0.15) is 23.4 Å². The lowest BCUT2D eigenvalue weighted by Crippen LogP contribution is -2.26. The van der Waals surface area contributed by atoms with Crippen LogP contribution in [-0.4, -0.2) is 28.4 Å². The Hall–Kier alpha value is -3.33. The van der Waals surface area contributed by atoms with Gasteiger partial charge in [-0.1, -0.05) is 35.9 Å². The summed E-state index contributed by atoms with van der Waals surface area (Å²) in [5.74, 6) is -0.534. The van der Waals surface area contributed by atoms with Crippen LogP contribution in [0.3, 0.4) is 0 Å². The third kappa shape index (κ3) is 5.18. The number of carbonyl (C=O) groups is 1. The number of amides is 1. The molecule has 2 aromatic carbocycles. The van der Waals surface area contributed by atoms with Crippen LogP contribution >= 0.6 is 11.6 Å². The predicted molar refractivity (Wildman–Crippen MR) is 109 cm³/mol. The predicted octanol–water partition coefficient (Wildman–Crippen LogP) is 4.42. The summed E-state index contributed by atoms with van der Waals surface area (Å²) in [5.41, 5.74) is 3.60. The molecule has 0 fully saturated rings. The first kappa shape index (κ1) is 21.4. The van der Waals surface area contributed by atoms with Gasteiger partial charge in [-0.05, 0) is 37.3 Å². The van der Waals surface area contributed by atoms with E-state index in [2.05, 4.69) is 20.9 Å². The van der Waals surface area contributed by atoms with Crippen molar-refractivity contribution in [3.05, 3.63) is 76.6 Å². The maximum Gasteiger partial charge on any atom is 0.416 e. The number of benzene rings is 2. The molecule has 0 radical (unpaired) electrons. The van der Waals surface area contributed by atoms with Gasteiger partial charge in [0.25, 0.3) is 5.91 Å². The monoisotopic (exact) mass is 435 g/mol. The summed E-state index contributed by atoms with van der Waals surface area (Å²) in [6.07, 6.45) is -3.09. The number of hydrogen-bond acceptors (Lipinski definition) is 4. The minimum atomic E-state index is -4.45. The maximum absolute atomic E-state index is 12.7. The summed E-state index contributed by atoms with van der Waals surface area (Å²) in [6, 6.07) is 13.9. The second kappa shape index (κ2) is 9.00. The van der Waals surface area contributed by atoms with Gasteiger partial charge in [0.15, 0.2) is 0 Å². The van der Waals surface area contributed by atoms with Crippen molar-refractivity contribution in [3.63, 3.8) is 0 Å². The molecule has 0 aliphatic rings. The number of aryl methyl sites for hydroxylation is 1. The molecule has 2 N–H and O–H groups in total. The Morgan fingerprint density at radius 1 is 1.20 bits per heavy atom. The Balaban J connectivity index is 1.60. The molecule has 156 valence electrons. The van der Waals surface area contributed by atoms with Crippen molar-refractivity contribution in [3.8, 4) is 5.69 Å². The third-order valence-corrected chi connectivity index (χ3v) is 4.44. The standard InChI is InChI=1S/C20H17ClF3N5O/c1-13-17(19(21)29(28-13)16-8-3-2-4-9-16)11-26-27-18(30)12-25-15-7-5-6-14(10-15)20(22,23)24/h2-11,25H,12H2,1H3,(H,27,30)/b26-11-. The zero-order valence-electron chi connectivity index (χ0n) is 15.7. The molecule has 0 spiro atoms. The molecule has 0 aliphatic heterocycles. The van der Waals surface area contributed by atoms with Gasteiger partial charge in [0, 0.05) is 5.69 Å². The Kier molecular flexibility index (Phi) is 6.41. The molecule has 6 nitrogen and oxygen atoms in total. The lowest BCUT2D eigenvalue weighted by Gasteiger charge is -2.10. The van der Waals surface area contributed by atoms with Crippen LogP contribution in [-0.2, 0) is 11.0 Å². The van der Waals surface area contributed by atoms with Gasteiger partial charge >= 0.3 is 6.18 Å². The fourth-order valence-electron chi connectivity index (χ4n) is 2.59. The van der Waals surface area contributed by atoms with Crippen molar-refractivity contribution in [2.24, 2.45) is 5.10 Å². The number of carbonyl (C=O) groups excluding carboxylic acids is 1. The van der Waals surface area contributed by atoms with Crippen LogP contribution in [0.25, 0.3) is 5.69 Å². The topological polar surface area (TPSA) is 71.3 Å². The molecule has 30 heavy (non-hydrogen) atoms. The van der Waals surface area contributed by atoms with Crippen LogP contribution in [0, 0.1) is 6.92 Å². The van der Waals surface area contributed by atoms with Crippen LogP contribution in [0.4, 0.5) is 18.9 Å². The van der Waals surface area contributed by atoms with Gasteiger partial charge in [-0.15, -0.1) is 0 Å². The highest BCUT2D eigenvalue weighted by Gasteiger charge is 2.30. The first-order valence-corrected chi connectivity index (χ1v) is 9.17. The maximum atomic E-state index is 12.7. The van der Waals surface area contributed by atoms with E-state index in [-0.39, 0.29) is 12.2 Å². The molecule has 1 aromatic heterocycles. The number of nitrogens with zero attached hydrogens (tertiary/aromatic N) is 3. The first-order chi connectivity index (χ1) is 14.3. The molecule has 0 saturated heterocycles. The van der Waals surface area contributed by atoms with E-state index in [4.69, 9.17) is 11.6 Å². The van der Waals surface area contributed by atoms with Crippen molar-refractivity contribution < 1.29 is 18.0 Å². The van der Waals surface area contributed by atoms with Crippen LogP contribution in [0.5, 0.6) is 0 Å².